The maximum Gasteiger partial charge on any atom is 0.0139 e. The zero-order chi connectivity index (χ0) is 9.97. The summed E-state index contributed by atoms with van der Waals surface area (Å²) in [6.45, 7) is 5.84. The van der Waals surface area contributed by atoms with Crippen LogP contribution in [0.3, 0.4) is 0 Å². The van der Waals surface area contributed by atoms with Crippen LogP contribution in [-0.4, -0.2) is 30.6 Å². The van der Waals surface area contributed by atoms with E-state index >= 15 is 0 Å². The van der Waals surface area contributed by atoms with E-state index in [2.05, 4.69) is 11.8 Å². The molecule has 0 spiro atoms. The minimum Gasteiger partial charge on any atom is -0.327 e. The summed E-state index contributed by atoms with van der Waals surface area (Å²) in [5, 5.41) is 0. The van der Waals surface area contributed by atoms with E-state index in [4.69, 9.17) is 5.73 Å². The van der Waals surface area contributed by atoms with E-state index in [-0.39, 0.29) is 0 Å². The Hall–Kier alpha value is -0.0800. The number of rotatable bonds is 2. The van der Waals surface area contributed by atoms with E-state index in [0.29, 0.717) is 6.04 Å². The van der Waals surface area contributed by atoms with Gasteiger partial charge in [0.25, 0.3) is 0 Å². The van der Waals surface area contributed by atoms with Crippen LogP contribution >= 0.6 is 0 Å². The van der Waals surface area contributed by atoms with Crippen molar-refractivity contribution in [1.29, 1.82) is 0 Å². The molecule has 1 aliphatic carbocycles. The fraction of sp³-hybridized carbons (Fsp3) is 1.00. The zero-order valence-electron chi connectivity index (χ0n) is 9.41. The highest BCUT2D eigenvalue weighted by Crippen LogP contribution is 2.35. The molecular weight excluding hydrogens is 172 g/mol. The van der Waals surface area contributed by atoms with Crippen molar-refractivity contribution in [3.8, 4) is 0 Å². The van der Waals surface area contributed by atoms with E-state index in [0.717, 1.165) is 18.4 Å². The van der Waals surface area contributed by atoms with Crippen molar-refractivity contribution in [2.75, 3.05) is 19.6 Å². The van der Waals surface area contributed by atoms with Gasteiger partial charge in [-0.1, -0.05) is 19.3 Å². The highest BCUT2D eigenvalue weighted by atomic mass is 15.1. The van der Waals surface area contributed by atoms with E-state index in [9.17, 15) is 0 Å². The molecule has 0 bridgehead atoms. The summed E-state index contributed by atoms with van der Waals surface area (Å²) in [5.41, 5.74) is 5.85. The normalized spacial score (nSPS) is 36.4. The van der Waals surface area contributed by atoms with Crippen LogP contribution in [0.1, 0.15) is 39.0 Å². The Labute approximate surface area is 87.8 Å². The molecule has 0 amide bonds. The quantitative estimate of drug-likeness (QED) is 0.730. The first-order valence-electron chi connectivity index (χ1n) is 6.23. The molecular formula is C12H24N2. The van der Waals surface area contributed by atoms with E-state index in [1.54, 1.807) is 0 Å². The maximum absolute atomic E-state index is 5.85. The highest BCUT2D eigenvalue weighted by molar-refractivity contribution is 4.84. The topological polar surface area (TPSA) is 29.3 Å². The Kier molecular flexibility index (Phi) is 3.45. The van der Waals surface area contributed by atoms with Gasteiger partial charge < -0.3 is 10.6 Å². The van der Waals surface area contributed by atoms with Crippen LogP contribution in [0.4, 0.5) is 0 Å². The van der Waals surface area contributed by atoms with Crippen LogP contribution in [0.5, 0.6) is 0 Å². The summed E-state index contributed by atoms with van der Waals surface area (Å²) in [7, 11) is 0. The monoisotopic (exact) mass is 196 g/mol. The van der Waals surface area contributed by atoms with Crippen LogP contribution in [0.15, 0.2) is 0 Å². The summed E-state index contributed by atoms with van der Waals surface area (Å²) < 4.78 is 0. The minimum atomic E-state index is 0.343. The molecule has 2 rings (SSSR count). The summed E-state index contributed by atoms with van der Waals surface area (Å²) in [4.78, 5) is 2.58. The molecule has 0 aromatic rings. The van der Waals surface area contributed by atoms with Gasteiger partial charge in [-0.05, 0) is 38.1 Å². The van der Waals surface area contributed by atoms with Gasteiger partial charge in [0.1, 0.15) is 0 Å². The van der Waals surface area contributed by atoms with Gasteiger partial charge in [0, 0.05) is 19.1 Å². The Bertz CT molecular complexity index is 179. The maximum atomic E-state index is 5.85. The Balaban J connectivity index is 1.83. The zero-order valence-corrected chi connectivity index (χ0v) is 9.41. The third kappa shape index (κ3) is 2.48. The second-order valence-corrected chi connectivity index (χ2v) is 5.33. The number of fused-ring (bicyclic) bond motifs is 1. The lowest BCUT2D eigenvalue weighted by Crippen LogP contribution is -2.45. The lowest BCUT2D eigenvalue weighted by molar-refractivity contribution is 0.0840. The average Bonchev–Trinajstić information content (AvgIpc) is 2.17. The molecule has 1 saturated heterocycles. The Morgan fingerprint density at radius 2 is 1.93 bits per heavy atom. The van der Waals surface area contributed by atoms with E-state index in [1.807, 2.05) is 0 Å². The third-order valence-electron chi connectivity index (χ3n) is 3.92. The predicted octanol–water partition coefficient (Wildman–Crippen LogP) is 1.85. The Morgan fingerprint density at radius 3 is 2.64 bits per heavy atom. The van der Waals surface area contributed by atoms with E-state index in [1.165, 1.54) is 45.2 Å². The molecule has 3 atom stereocenters. The number of hydrogen-bond donors (Lipinski definition) is 1. The standard InChI is InChI=1S/C12H24N2/c1-10(13)8-14-7-6-11-4-2-3-5-12(11)9-14/h10-12H,2-9,13H2,1H3/t10-,11+,12-/m0/s1. The molecule has 2 aliphatic rings. The smallest absolute Gasteiger partial charge is 0.0139 e. The summed E-state index contributed by atoms with van der Waals surface area (Å²) in [6, 6.07) is 0.343. The molecule has 0 unspecified atom stereocenters. The van der Waals surface area contributed by atoms with Crippen molar-refractivity contribution in [2.45, 2.75) is 45.1 Å². The molecule has 82 valence electrons. The van der Waals surface area contributed by atoms with Gasteiger partial charge >= 0.3 is 0 Å². The van der Waals surface area contributed by atoms with E-state index < -0.39 is 0 Å². The highest BCUT2D eigenvalue weighted by Gasteiger charge is 2.30. The molecule has 1 aliphatic heterocycles. The van der Waals surface area contributed by atoms with Crippen LogP contribution in [0.25, 0.3) is 0 Å². The van der Waals surface area contributed by atoms with Crippen LogP contribution in [0, 0.1) is 11.8 Å². The van der Waals surface area contributed by atoms with Crippen molar-refractivity contribution in [3.63, 3.8) is 0 Å². The SMILES string of the molecule is C[C@H](N)CN1CC[C@H]2CCCC[C@H]2C1. The molecule has 1 saturated carbocycles. The second-order valence-electron chi connectivity index (χ2n) is 5.33. The number of likely N-dealkylation sites (tertiary alicyclic amines) is 1. The van der Waals surface area contributed by atoms with Crippen LogP contribution < -0.4 is 5.73 Å². The fourth-order valence-electron chi connectivity index (χ4n) is 3.25. The average molecular weight is 196 g/mol. The van der Waals surface area contributed by atoms with Gasteiger partial charge in [-0.25, -0.2) is 0 Å². The van der Waals surface area contributed by atoms with Gasteiger partial charge in [-0.15, -0.1) is 0 Å². The molecule has 2 N–H and O–H groups in total. The third-order valence-corrected chi connectivity index (χ3v) is 3.92. The van der Waals surface area contributed by atoms with Crippen molar-refractivity contribution < 1.29 is 0 Å². The summed E-state index contributed by atoms with van der Waals surface area (Å²) in [5.74, 6) is 2.05. The van der Waals surface area contributed by atoms with Crippen molar-refractivity contribution >= 4 is 0 Å². The van der Waals surface area contributed by atoms with Crippen LogP contribution in [-0.2, 0) is 0 Å². The molecule has 0 aromatic carbocycles. The summed E-state index contributed by atoms with van der Waals surface area (Å²) >= 11 is 0. The predicted molar refractivity (Wildman–Crippen MR) is 60.2 cm³/mol. The van der Waals surface area contributed by atoms with Gasteiger partial charge in [0.2, 0.25) is 0 Å². The molecule has 2 fully saturated rings. The molecule has 1 heterocycles. The van der Waals surface area contributed by atoms with Crippen molar-refractivity contribution in [2.24, 2.45) is 17.6 Å². The van der Waals surface area contributed by atoms with Crippen molar-refractivity contribution in [3.05, 3.63) is 0 Å². The lowest BCUT2D eigenvalue weighted by atomic mass is 9.75. The van der Waals surface area contributed by atoms with Crippen LogP contribution in [0.2, 0.25) is 0 Å². The second kappa shape index (κ2) is 4.63. The first-order chi connectivity index (χ1) is 6.75. The molecule has 2 heteroatoms. The first-order valence-corrected chi connectivity index (χ1v) is 6.23. The summed E-state index contributed by atoms with van der Waals surface area (Å²) in [6.07, 6.45) is 7.34. The van der Waals surface area contributed by atoms with Crippen molar-refractivity contribution in [1.82, 2.24) is 4.90 Å². The van der Waals surface area contributed by atoms with Gasteiger partial charge in [-0.3, -0.25) is 0 Å². The molecule has 0 aromatic heterocycles. The number of hydrogen-bond acceptors (Lipinski definition) is 2. The minimum absolute atomic E-state index is 0.343. The number of nitrogens with two attached hydrogens (primary N) is 1. The fourth-order valence-corrected chi connectivity index (χ4v) is 3.25. The van der Waals surface area contributed by atoms with Gasteiger partial charge in [0.05, 0.1) is 0 Å². The Morgan fingerprint density at radius 1 is 1.21 bits per heavy atom. The largest absolute Gasteiger partial charge is 0.327 e. The lowest BCUT2D eigenvalue weighted by Gasteiger charge is -2.41. The van der Waals surface area contributed by atoms with Gasteiger partial charge in [0.15, 0.2) is 0 Å². The first kappa shape index (κ1) is 10.4. The number of piperidine rings is 1. The molecule has 2 nitrogen and oxygen atoms in total. The molecule has 0 radical (unpaired) electrons. The molecule has 14 heavy (non-hydrogen) atoms. The van der Waals surface area contributed by atoms with Gasteiger partial charge in [-0.2, -0.15) is 0 Å². The number of nitrogens with zero attached hydrogens (tertiary/aromatic N) is 1.